The molecule has 0 saturated heterocycles. The third-order valence-electron chi connectivity index (χ3n) is 2.65. The van der Waals surface area contributed by atoms with Crippen LogP contribution in [-0.2, 0) is 0 Å². The Bertz CT molecular complexity index is 486. The second-order valence-electron chi connectivity index (χ2n) is 3.67. The molecule has 0 bridgehead atoms. The van der Waals surface area contributed by atoms with Crippen LogP contribution in [0.1, 0.15) is 11.6 Å². The molecule has 0 fully saturated rings. The monoisotopic (exact) mass is 249 g/mol. The van der Waals surface area contributed by atoms with Crippen molar-refractivity contribution in [3.63, 3.8) is 0 Å². The van der Waals surface area contributed by atoms with Crippen molar-refractivity contribution in [2.24, 2.45) is 15.7 Å². The summed E-state index contributed by atoms with van der Waals surface area (Å²) in [7, 11) is 4.70. The summed E-state index contributed by atoms with van der Waals surface area (Å²) < 4.78 is 15.8. The fraction of sp³-hybridized carbons (Fsp3) is 0.333. The molecule has 1 aromatic carbocycles. The minimum Gasteiger partial charge on any atom is -0.493 e. The van der Waals surface area contributed by atoms with Crippen LogP contribution in [0.2, 0.25) is 0 Å². The van der Waals surface area contributed by atoms with Crippen LogP contribution < -0.4 is 19.9 Å². The van der Waals surface area contributed by atoms with E-state index in [1.807, 2.05) is 12.1 Å². The van der Waals surface area contributed by atoms with Crippen molar-refractivity contribution < 1.29 is 14.2 Å². The van der Waals surface area contributed by atoms with E-state index in [1.54, 1.807) is 27.5 Å². The van der Waals surface area contributed by atoms with Crippen LogP contribution >= 0.6 is 0 Å². The average molecular weight is 249 g/mol. The van der Waals surface area contributed by atoms with Crippen molar-refractivity contribution in [1.29, 1.82) is 0 Å². The van der Waals surface area contributed by atoms with Gasteiger partial charge < -0.3 is 19.9 Å². The fourth-order valence-electron chi connectivity index (χ4n) is 1.79. The van der Waals surface area contributed by atoms with Gasteiger partial charge in [0.2, 0.25) is 11.7 Å². The summed E-state index contributed by atoms with van der Waals surface area (Å²) in [4.78, 5) is 8.12. The number of nitrogens with zero attached hydrogens (tertiary/aromatic N) is 2. The average Bonchev–Trinajstić information content (AvgIpc) is 2.83. The summed E-state index contributed by atoms with van der Waals surface area (Å²) in [5.41, 5.74) is 6.41. The van der Waals surface area contributed by atoms with Gasteiger partial charge in [0.05, 0.1) is 21.3 Å². The number of benzene rings is 1. The highest BCUT2D eigenvalue weighted by Gasteiger charge is 2.19. The van der Waals surface area contributed by atoms with Gasteiger partial charge in [-0.05, 0) is 17.7 Å². The summed E-state index contributed by atoms with van der Waals surface area (Å²) >= 11 is 0. The molecule has 0 aliphatic carbocycles. The highest BCUT2D eigenvalue weighted by molar-refractivity contribution is 5.94. The fourth-order valence-corrected chi connectivity index (χ4v) is 1.79. The summed E-state index contributed by atoms with van der Waals surface area (Å²) in [6, 6.07) is 3.46. The second kappa shape index (κ2) is 4.95. The van der Waals surface area contributed by atoms with Gasteiger partial charge in [0.15, 0.2) is 11.5 Å². The van der Waals surface area contributed by atoms with E-state index in [4.69, 9.17) is 19.9 Å². The first kappa shape index (κ1) is 12.2. The van der Waals surface area contributed by atoms with Gasteiger partial charge >= 0.3 is 0 Å². The Hall–Kier alpha value is -2.24. The first-order valence-electron chi connectivity index (χ1n) is 5.37. The van der Waals surface area contributed by atoms with Gasteiger partial charge in [0.25, 0.3) is 0 Å². The lowest BCUT2D eigenvalue weighted by atomic mass is 10.1. The Morgan fingerprint density at radius 3 is 2.06 bits per heavy atom. The molecule has 1 atom stereocenters. The Balaban J connectivity index is 2.47. The standard InChI is InChI=1S/C12H15N3O3/c1-16-9-4-7(8-6-14-12(13)15-8)5-10(17-2)11(9)18-3/h4-6,8H,1-3H3,(H2,13,15). The Kier molecular flexibility index (Phi) is 3.36. The number of ether oxygens (including phenoxy) is 3. The Morgan fingerprint density at radius 1 is 1.06 bits per heavy atom. The maximum absolute atomic E-state index is 5.52. The number of hydrogen-bond acceptors (Lipinski definition) is 6. The second-order valence-corrected chi connectivity index (χ2v) is 3.67. The molecular weight excluding hydrogens is 234 g/mol. The molecule has 0 aromatic heterocycles. The lowest BCUT2D eigenvalue weighted by Gasteiger charge is -2.15. The maximum atomic E-state index is 5.52. The number of aliphatic imine (C=N–C) groups is 2. The molecule has 0 amide bonds. The highest BCUT2D eigenvalue weighted by Crippen LogP contribution is 2.40. The van der Waals surface area contributed by atoms with Crippen LogP contribution in [-0.4, -0.2) is 33.5 Å². The summed E-state index contributed by atoms with van der Waals surface area (Å²) in [6.45, 7) is 0. The zero-order valence-electron chi connectivity index (χ0n) is 10.5. The van der Waals surface area contributed by atoms with Gasteiger partial charge in [-0.3, -0.25) is 0 Å². The number of hydrogen-bond donors (Lipinski definition) is 1. The molecule has 6 heteroatoms. The first-order valence-corrected chi connectivity index (χ1v) is 5.37. The first-order chi connectivity index (χ1) is 8.69. The van der Waals surface area contributed by atoms with Crippen LogP contribution in [0.3, 0.4) is 0 Å². The molecule has 0 saturated carbocycles. The van der Waals surface area contributed by atoms with Crippen LogP contribution in [0.15, 0.2) is 22.1 Å². The predicted octanol–water partition coefficient (Wildman–Crippen LogP) is 1.15. The van der Waals surface area contributed by atoms with Gasteiger partial charge in [0, 0.05) is 6.21 Å². The molecule has 0 radical (unpaired) electrons. The van der Waals surface area contributed by atoms with Gasteiger partial charge in [-0.15, -0.1) is 0 Å². The van der Waals surface area contributed by atoms with Crippen molar-refractivity contribution in [2.75, 3.05) is 21.3 Å². The highest BCUT2D eigenvalue weighted by atomic mass is 16.5. The van der Waals surface area contributed by atoms with E-state index in [0.29, 0.717) is 17.2 Å². The van der Waals surface area contributed by atoms with Crippen LogP contribution in [0.5, 0.6) is 17.2 Å². The van der Waals surface area contributed by atoms with Gasteiger partial charge in [-0.1, -0.05) is 0 Å². The Labute approximate surface area is 105 Å². The zero-order valence-corrected chi connectivity index (χ0v) is 10.5. The topological polar surface area (TPSA) is 78.4 Å². The number of rotatable bonds is 4. The molecule has 6 nitrogen and oxygen atoms in total. The van der Waals surface area contributed by atoms with E-state index >= 15 is 0 Å². The molecule has 1 aromatic rings. The molecule has 1 unspecified atom stereocenters. The molecule has 2 rings (SSSR count). The molecule has 1 aliphatic rings. The van der Waals surface area contributed by atoms with E-state index in [2.05, 4.69) is 9.98 Å². The van der Waals surface area contributed by atoms with Crippen LogP contribution in [0.25, 0.3) is 0 Å². The van der Waals surface area contributed by atoms with Crippen molar-refractivity contribution in [3.05, 3.63) is 17.7 Å². The third kappa shape index (κ3) is 2.09. The predicted molar refractivity (Wildman–Crippen MR) is 69.0 cm³/mol. The zero-order chi connectivity index (χ0) is 13.1. The van der Waals surface area contributed by atoms with E-state index in [9.17, 15) is 0 Å². The summed E-state index contributed by atoms with van der Waals surface area (Å²) in [5.74, 6) is 1.99. The molecule has 2 N–H and O–H groups in total. The smallest absolute Gasteiger partial charge is 0.216 e. The quantitative estimate of drug-likeness (QED) is 0.868. The Morgan fingerprint density at radius 2 is 1.67 bits per heavy atom. The molecular formula is C12H15N3O3. The molecule has 1 heterocycles. The van der Waals surface area contributed by atoms with Gasteiger partial charge in [-0.2, -0.15) is 0 Å². The van der Waals surface area contributed by atoms with E-state index in [1.165, 1.54) is 0 Å². The van der Waals surface area contributed by atoms with Crippen molar-refractivity contribution >= 4 is 12.2 Å². The van der Waals surface area contributed by atoms with Crippen molar-refractivity contribution in [3.8, 4) is 17.2 Å². The molecule has 18 heavy (non-hydrogen) atoms. The van der Waals surface area contributed by atoms with E-state index in [0.717, 1.165) is 5.56 Å². The van der Waals surface area contributed by atoms with Crippen LogP contribution in [0.4, 0.5) is 0 Å². The third-order valence-corrected chi connectivity index (χ3v) is 2.65. The molecule has 0 spiro atoms. The molecule has 1 aliphatic heterocycles. The lowest BCUT2D eigenvalue weighted by molar-refractivity contribution is 0.323. The minimum atomic E-state index is -0.210. The van der Waals surface area contributed by atoms with Gasteiger partial charge in [-0.25, -0.2) is 9.98 Å². The lowest BCUT2D eigenvalue weighted by Crippen LogP contribution is -2.04. The van der Waals surface area contributed by atoms with Crippen molar-refractivity contribution in [2.45, 2.75) is 6.04 Å². The normalized spacial score (nSPS) is 17.5. The summed E-state index contributed by atoms with van der Waals surface area (Å²) in [5, 5.41) is 0. The minimum absolute atomic E-state index is 0.210. The number of guanidine groups is 1. The van der Waals surface area contributed by atoms with E-state index in [-0.39, 0.29) is 12.0 Å². The van der Waals surface area contributed by atoms with Crippen molar-refractivity contribution in [1.82, 2.24) is 0 Å². The summed E-state index contributed by atoms with van der Waals surface area (Å²) in [6.07, 6.45) is 1.68. The number of methoxy groups -OCH3 is 3. The molecule has 96 valence electrons. The van der Waals surface area contributed by atoms with Crippen LogP contribution in [0, 0.1) is 0 Å². The maximum Gasteiger partial charge on any atom is 0.216 e. The largest absolute Gasteiger partial charge is 0.493 e. The number of nitrogens with two attached hydrogens (primary N) is 1. The van der Waals surface area contributed by atoms with E-state index < -0.39 is 0 Å². The SMILES string of the molecule is COc1cc(C2C=NC(N)=N2)cc(OC)c1OC. The van der Waals surface area contributed by atoms with Gasteiger partial charge in [0.1, 0.15) is 6.04 Å².